The van der Waals surface area contributed by atoms with Crippen molar-refractivity contribution in [2.45, 2.75) is 5.03 Å². The van der Waals surface area contributed by atoms with E-state index < -0.39 is 11.2 Å². The summed E-state index contributed by atoms with van der Waals surface area (Å²) in [5.41, 5.74) is -1.31. The highest BCUT2D eigenvalue weighted by atomic mass is 127. The molecular formula is C10H8IN5O3S. The summed E-state index contributed by atoms with van der Waals surface area (Å²) >= 11 is 3.03. The first-order valence-corrected chi connectivity index (χ1v) is 7.34. The van der Waals surface area contributed by atoms with Crippen molar-refractivity contribution in [2.24, 2.45) is 0 Å². The van der Waals surface area contributed by atoms with Crippen LogP contribution in [-0.2, 0) is 4.79 Å². The van der Waals surface area contributed by atoms with Gasteiger partial charge in [0.2, 0.25) is 5.91 Å². The first kappa shape index (κ1) is 14.7. The summed E-state index contributed by atoms with van der Waals surface area (Å²) in [6, 6.07) is 3.49. The van der Waals surface area contributed by atoms with Gasteiger partial charge >= 0.3 is 5.69 Å². The van der Waals surface area contributed by atoms with Gasteiger partial charge in [-0.05, 0) is 34.7 Å². The van der Waals surface area contributed by atoms with Crippen molar-refractivity contribution in [3.8, 4) is 0 Å². The average Bonchev–Trinajstić information content (AvgIpc) is 2.40. The van der Waals surface area contributed by atoms with Gasteiger partial charge in [0.1, 0.15) is 5.82 Å². The zero-order chi connectivity index (χ0) is 14.5. The first-order chi connectivity index (χ1) is 9.54. The Labute approximate surface area is 129 Å². The third kappa shape index (κ3) is 4.16. The van der Waals surface area contributed by atoms with E-state index in [-0.39, 0.29) is 16.7 Å². The molecule has 0 saturated carbocycles. The van der Waals surface area contributed by atoms with Gasteiger partial charge in [-0.15, -0.1) is 0 Å². The predicted molar refractivity (Wildman–Crippen MR) is 81.8 cm³/mol. The van der Waals surface area contributed by atoms with Crippen LogP contribution >= 0.6 is 34.4 Å². The second-order valence-electron chi connectivity index (χ2n) is 3.51. The highest BCUT2D eigenvalue weighted by Gasteiger charge is 2.08. The van der Waals surface area contributed by atoms with Gasteiger partial charge in [0.25, 0.3) is 5.56 Å². The molecule has 0 atom stereocenters. The standard InChI is InChI=1S/C10H8IN5O3S/c11-5-1-2-6(12-3-5)13-7(17)4-20-9-8(18)14-10(19)16-15-9/h1-3H,4H2,(H,12,13,17)(H2,14,16,18,19). The molecule has 8 nitrogen and oxygen atoms in total. The lowest BCUT2D eigenvalue weighted by Crippen LogP contribution is -2.25. The fourth-order valence-electron chi connectivity index (χ4n) is 1.20. The number of rotatable bonds is 4. The Morgan fingerprint density at radius 3 is 2.85 bits per heavy atom. The molecule has 0 bridgehead atoms. The lowest BCUT2D eigenvalue weighted by molar-refractivity contribution is -0.113. The molecule has 2 aromatic rings. The van der Waals surface area contributed by atoms with E-state index in [1.165, 1.54) is 0 Å². The Morgan fingerprint density at radius 2 is 2.20 bits per heavy atom. The van der Waals surface area contributed by atoms with Crippen molar-refractivity contribution in [3.63, 3.8) is 0 Å². The van der Waals surface area contributed by atoms with E-state index in [0.717, 1.165) is 15.3 Å². The van der Waals surface area contributed by atoms with Crippen LogP contribution < -0.4 is 16.6 Å². The number of nitrogens with zero attached hydrogens (tertiary/aromatic N) is 2. The van der Waals surface area contributed by atoms with Crippen LogP contribution in [0, 0.1) is 3.57 Å². The summed E-state index contributed by atoms with van der Waals surface area (Å²) in [4.78, 5) is 39.8. The van der Waals surface area contributed by atoms with Crippen LogP contribution in [0.4, 0.5) is 5.82 Å². The molecule has 0 fully saturated rings. The smallest absolute Gasteiger partial charge is 0.310 e. The zero-order valence-corrected chi connectivity index (χ0v) is 12.8. The number of aromatic amines is 2. The van der Waals surface area contributed by atoms with Crippen molar-refractivity contribution in [3.05, 3.63) is 42.7 Å². The second-order valence-corrected chi connectivity index (χ2v) is 5.72. The largest absolute Gasteiger partial charge is 0.342 e. The number of amides is 1. The molecule has 0 spiro atoms. The molecule has 2 rings (SSSR count). The molecule has 0 unspecified atom stereocenters. The van der Waals surface area contributed by atoms with Gasteiger partial charge < -0.3 is 5.32 Å². The summed E-state index contributed by atoms with van der Waals surface area (Å²) in [6.07, 6.45) is 1.62. The van der Waals surface area contributed by atoms with Gasteiger partial charge in [-0.1, -0.05) is 11.8 Å². The number of aromatic nitrogens is 4. The Morgan fingerprint density at radius 1 is 1.40 bits per heavy atom. The number of carbonyl (C=O) groups excluding carboxylic acids is 1. The van der Waals surface area contributed by atoms with Gasteiger partial charge in [-0.25, -0.2) is 14.9 Å². The number of halogens is 1. The molecular weight excluding hydrogens is 397 g/mol. The molecule has 2 aromatic heterocycles. The maximum atomic E-state index is 11.7. The molecule has 104 valence electrons. The number of anilines is 1. The number of thioether (sulfide) groups is 1. The van der Waals surface area contributed by atoms with Crippen LogP contribution in [0.1, 0.15) is 0 Å². The van der Waals surface area contributed by atoms with Gasteiger partial charge in [0.05, 0.1) is 5.75 Å². The summed E-state index contributed by atoms with van der Waals surface area (Å²) in [6.45, 7) is 0. The molecule has 20 heavy (non-hydrogen) atoms. The van der Waals surface area contributed by atoms with Crippen LogP contribution in [-0.4, -0.2) is 31.8 Å². The van der Waals surface area contributed by atoms with E-state index in [1.54, 1.807) is 12.3 Å². The van der Waals surface area contributed by atoms with Gasteiger partial charge in [-0.3, -0.25) is 14.6 Å². The summed E-state index contributed by atoms with van der Waals surface area (Å²) in [7, 11) is 0. The Bertz CT molecular complexity index is 727. The normalized spacial score (nSPS) is 10.2. The van der Waals surface area contributed by atoms with Crippen LogP contribution in [0.2, 0.25) is 0 Å². The predicted octanol–water partition coefficient (Wildman–Crippen LogP) is 0.189. The topological polar surface area (TPSA) is 121 Å². The summed E-state index contributed by atoms with van der Waals surface area (Å²) < 4.78 is 0.957. The fourth-order valence-corrected chi connectivity index (χ4v) is 2.15. The highest BCUT2D eigenvalue weighted by molar-refractivity contribution is 14.1. The molecule has 1 amide bonds. The lowest BCUT2D eigenvalue weighted by Gasteiger charge is -2.03. The minimum Gasteiger partial charge on any atom is -0.310 e. The van der Waals surface area contributed by atoms with Crippen LogP contribution in [0.25, 0.3) is 0 Å². The van der Waals surface area contributed by atoms with Gasteiger partial charge in [-0.2, -0.15) is 5.10 Å². The summed E-state index contributed by atoms with van der Waals surface area (Å²) in [5.74, 6) is 0.0888. The average molecular weight is 405 g/mol. The Balaban J connectivity index is 1.93. The van der Waals surface area contributed by atoms with Crippen LogP contribution in [0.15, 0.2) is 32.9 Å². The maximum Gasteiger partial charge on any atom is 0.342 e. The molecule has 3 N–H and O–H groups in total. The van der Waals surface area contributed by atoms with Crippen LogP contribution in [0.3, 0.4) is 0 Å². The Hall–Kier alpha value is -1.69. The third-order valence-electron chi connectivity index (χ3n) is 2.02. The van der Waals surface area contributed by atoms with E-state index in [2.05, 4.69) is 43.1 Å². The van der Waals surface area contributed by atoms with Crippen molar-refractivity contribution in [1.29, 1.82) is 0 Å². The molecule has 10 heteroatoms. The highest BCUT2D eigenvalue weighted by Crippen LogP contribution is 2.10. The minimum absolute atomic E-state index is 0.0181. The molecule has 0 aliphatic rings. The molecule has 0 radical (unpaired) electrons. The van der Waals surface area contributed by atoms with Crippen molar-refractivity contribution in [1.82, 2.24) is 20.2 Å². The van der Waals surface area contributed by atoms with E-state index in [4.69, 9.17) is 0 Å². The lowest BCUT2D eigenvalue weighted by atomic mass is 10.4. The maximum absolute atomic E-state index is 11.7. The van der Waals surface area contributed by atoms with E-state index in [1.807, 2.05) is 11.1 Å². The van der Waals surface area contributed by atoms with Crippen LogP contribution in [0.5, 0.6) is 0 Å². The van der Waals surface area contributed by atoms with Gasteiger partial charge in [0, 0.05) is 9.77 Å². The van der Waals surface area contributed by atoms with Crippen molar-refractivity contribution < 1.29 is 4.79 Å². The van der Waals surface area contributed by atoms with Gasteiger partial charge in [0.15, 0.2) is 5.03 Å². The number of hydrogen-bond donors (Lipinski definition) is 3. The van der Waals surface area contributed by atoms with E-state index in [9.17, 15) is 14.4 Å². The molecule has 2 heterocycles. The molecule has 0 aliphatic carbocycles. The molecule has 0 aliphatic heterocycles. The SMILES string of the molecule is O=C(CSc1n[nH]c(=O)[nH]c1=O)Nc1ccc(I)cn1. The third-order valence-corrected chi connectivity index (χ3v) is 3.61. The summed E-state index contributed by atoms with van der Waals surface area (Å²) in [5, 5.41) is 8.25. The number of carbonyl (C=O) groups is 1. The minimum atomic E-state index is -0.688. The van der Waals surface area contributed by atoms with E-state index >= 15 is 0 Å². The van der Waals surface area contributed by atoms with Crippen molar-refractivity contribution >= 4 is 46.1 Å². The monoisotopic (exact) mass is 405 g/mol. The first-order valence-electron chi connectivity index (χ1n) is 5.28. The zero-order valence-electron chi connectivity index (χ0n) is 9.84. The number of pyridine rings is 1. The molecule has 0 aromatic carbocycles. The second kappa shape index (κ2) is 6.65. The van der Waals surface area contributed by atoms with E-state index in [0.29, 0.717) is 5.82 Å². The van der Waals surface area contributed by atoms with Crippen molar-refractivity contribution in [2.75, 3.05) is 11.1 Å². The Kier molecular flexibility index (Phi) is 4.89. The number of H-pyrrole nitrogens is 2. The fraction of sp³-hybridized carbons (Fsp3) is 0.100. The molecule has 0 saturated heterocycles. The quantitative estimate of drug-likeness (QED) is 0.494. The number of hydrogen-bond acceptors (Lipinski definition) is 6. The number of nitrogens with one attached hydrogen (secondary N) is 3.